The van der Waals surface area contributed by atoms with Gasteiger partial charge in [-0.25, -0.2) is 4.79 Å². The van der Waals surface area contributed by atoms with Gasteiger partial charge in [0.25, 0.3) is 0 Å². The predicted molar refractivity (Wildman–Crippen MR) is 70.5 cm³/mol. The molecular formula is C13H19N3O3. The van der Waals surface area contributed by atoms with Crippen LogP contribution in [0.5, 0.6) is 0 Å². The number of carboxylic acid groups (broad SMARTS) is 1. The van der Waals surface area contributed by atoms with Crippen LogP contribution in [0.15, 0.2) is 0 Å². The summed E-state index contributed by atoms with van der Waals surface area (Å²) in [5.41, 5.74) is 1.46. The molecule has 0 saturated heterocycles. The number of hydrogen-bond acceptors (Lipinski definition) is 5. The monoisotopic (exact) mass is 265 g/mol. The standard InChI is InChI=1S/C13H19N3O3/c1-8-9(2)15-16-12(11(8)13(17)18)14-5-6-19-7-10-3-4-10/h10H,3-7H2,1-2H3,(H,14,16)(H,17,18). The summed E-state index contributed by atoms with van der Waals surface area (Å²) >= 11 is 0. The van der Waals surface area contributed by atoms with Crippen molar-refractivity contribution in [2.45, 2.75) is 26.7 Å². The van der Waals surface area contributed by atoms with E-state index in [0.29, 0.717) is 30.2 Å². The largest absolute Gasteiger partial charge is 0.478 e. The van der Waals surface area contributed by atoms with E-state index >= 15 is 0 Å². The second-order valence-corrected chi connectivity index (χ2v) is 4.88. The van der Waals surface area contributed by atoms with Gasteiger partial charge >= 0.3 is 5.97 Å². The van der Waals surface area contributed by atoms with Gasteiger partial charge in [-0.3, -0.25) is 0 Å². The van der Waals surface area contributed by atoms with E-state index in [0.717, 1.165) is 12.5 Å². The molecule has 1 fully saturated rings. The van der Waals surface area contributed by atoms with E-state index in [1.54, 1.807) is 13.8 Å². The number of carbonyl (C=O) groups is 1. The lowest BCUT2D eigenvalue weighted by atomic mass is 10.1. The van der Waals surface area contributed by atoms with Crippen molar-refractivity contribution in [3.05, 3.63) is 16.8 Å². The summed E-state index contributed by atoms with van der Waals surface area (Å²) in [5.74, 6) is 0.0542. The molecule has 6 heteroatoms. The van der Waals surface area contributed by atoms with Crippen molar-refractivity contribution in [1.29, 1.82) is 0 Å². The van der Waals surface area contributed by atoms with Gasteiger partial charge in [0.1, 0.15) is 5.56 Å². The fourth-order valence-electron chi connectivity index (χ4n) is 1.77. The Balaban J connectivity index is 1.91. The SMILES string of the molecule is Cc1nnc(NCCOCC2CC2)c(C(=O)O)c1C. The fourth-order valence-corrected chi connectivity index (χ4v) is 1.77. The molecule has 1 aromatic heterocycles. The maximum Gasteiger partial charge on any atom is 0.339 e. The second kappa shape index (κ2) is 5.97. The first kappa shape index (κ1) is 13.7. The van der Waals surface area contributed by atoms with Gasteiger partial charge in [0, 0.05) is 13.2 Å². The van der Waals surface area contributed by atoms with Crippen molar-refractivity contribution in [3.8, 4) is 0 Å². The first-order valence-electron chi connectivity index (χ1n) is 6.48. The molecule has 0 bridgehead atoms. The summed E-state index contributed by atoms with van der Waals surface area (Å²) in [6.07, 6.45) is 2.53. The summed E-state index contributed by atoms with van der Waals surface area (Å²) in [4.78, 5) is 11.2. The fraction of sp³-hybridized carbons (Fsp3) is 0.615. The highest BCUT2D eigenvalue weighted by Crippen LogP contribution is 2.28. The van der Waals surface area contributed by atoms with Crippen LogP contribution in [0, 0.1) is 19.8 Å². The molecule has 1 aliphatic carbocycles. The first-order valence-corrected chi connectivity index (χ1v) is 6.48. The van der Waals surface area contributed by atoms with Crippen LogP contribution >= 0.6 is 0 Å². The number of ether oxygens (including phenoxy) is 1. The van der Waals surface area contributed by atoms with Gasteiger partial charge in [-0.15, -0.1) is 5.10 Å². The molecular weight excluding hydrogens is 246 g/mol. The summed E-state index contributed by atoms with van der Waals surface area (Å²) in [6, 6.07) is 0. The van der Waals surface area contributed by atoms with Crippen LogP contribution in [0.3, 0.4) is 0 Å². The number of anilines is 1. The lowest BCUT2D eigenvalue weighted by Crippen LogP contribution is -2.16. The smallest absolute Gasteiger partial charge is 0.339 e. The van der Waals surface area contributed by atoms with Gasteiger partial charge in [0.2, 0.25) is 0 Å². The van der Waals surface area contributed by atoms with Gasteiger partial charge in [-0.05, 0) is 38.2 Å². The molecule has 0 radical (unpaired) electrons. The molecule has 0 unspecified atom stereocenters. The van der Waals surface area contributed by atoms with Gasteiger partial charge in [0.05, 0.1) is 12.3 Å². The Kier molecular flexibility index (Phi) is 4.31. The topological polar surface area (TPSA) is 84.3 Å². The minimum Gasteiger partial charge on any atom is -0.478 e. The van der Waals surface area contributed by atoms with E-state index in [-0.39, 0.29) is 5.56 Å². The van der Waals surface area contributed by atoms with Crippen LogP contribution in [0.1, 0.15) is 34.5 Å². The molecule has 0 aromatic carbocycles. The van der Waals surface area contributed by atoms with Crippen LogP contribution < -0.4 is 5.32 Å². The maximum absolute atomic E-state index is 11.2. The molecule has 1 aliphatic rings. The van der Waals surface area contributed by atoms with E-state index in [2.05, 4.69) is 15.5 Å². The van der Waals surface area contributed by atoms with Gasteiger partial charge in [-0.2, -0.15) is 5.10 Å². The molecule has 104 valence electrons. The predicted octanol–water partition coefficient (Wildman–Crippen LogP) is 1.63. The number of aromatic carboxylic acids is 1. The minimum absolute atomic E-state index is 0.190. The molecule has 1 saturated carbocycles. The molecule has 2 N–H and O–H groups in total. The first-order chi connectivity index (χ1) is 9.09. The van der Waals surface area contributed by atoms with Crippen molar-refractivity contribution in [2.75, 3.05) is 25.1 Å². The maximum atomic E-state index is 11.2. The Bertz CT molecular complexity index is 472. The summed E-state index contributed by atoms with van der Waals surface area (Å²) < 4.78 is 5.48. The van der Waals surface area contributed by atoms with Gasteiger partial charge in [-0.1, -0.05) is 0 Å². The quantitative estimate of drug-likeness (QED) is 0.729. The van der Waals surface area contributed by atoms with Crippen LogP contribution in [-0.4, -0.2) is 41.0 Å². The third-order valence-electron chi connectivity index (χ3n) is 3.26. The van der Waals surface area contributed by atoms with E-state index in [4.69, 9.17) is 4.74 Å². The average molecular weight is 265 g/mol. The number of nitrogens with one attached hydrogen (secondary N) is 1. The lowest BCUT2D eigenvalue weighted by Gasteiger charge is -2.11. The number of rotatable bonds is 7. The molecule has 0 atom stereocenters. The summed E-state index contributed by atoms with van der Waals surface area (Å²) in [7, 11) is 0. The van der Waals surface area contributed by atoms with Crippen molar-refractivity contribution in [3.63, 3.8) is 0 Å². The highest BCUT2D eigenvalue weighted by Gasteiger charge is 2.21. The number of nitrogens with zero attached hydrogens (tertiary/aromatic N) is 2. The third-order valence-corrected chi connectivity index (χ3v) is 3.26. The number of hydrogen-bond donors (Lipinski definition) is 2. The van der Waals surface area contributed by atoms with E-state index in [1.807, 2.05) is 0 Å². The van der Waals surface area contributed by atoms with Crippen LogP contribution in [0.4, 0.5) is 5.82 Å². The molecule has 1 aromatic rings. The van der Waals surface area contributed by atoms with Gasteiger partial charge in [0.15, 0.2) is 5.82 Å². The van der Waals surface area contributed by atoms with E-state index < -0.39 is 5.97 Å². The van der Waals surface area contributed by atoms with Crippen molar-refractivity contribution < 1.29 is 14.6 Å². The molecule has 0 spiro atoms. The lowest BCUT2D eigenvalue weighted by molar-refractivity contribution is 0.0696. The molecule has 19 heavy (non-hydrogen) atoms. The Morgan fingerprint density at radius 3 is 2.79 bits per heavy atom. The summed E-state index contributed by atoms with van der Waals surface area (Å²) in [5, 5.41) is 20.0. The zero-order valence-corrected chi connectivity index (χ0v) is 11.3. The third kappa shape index (κ3) is 3.64. The van der Waals surface area contributed by atoms with Crippen LogP contribution in [0.25, 0.3) is 0 Å². The minimum atomic E-state index is -0.989. The highest BCUT2D eigenvalue weighted by atomic mass is 16.5. The van der Waals surface area contributed by atoms with E-state index in [9.17, 15) is 9.90 Å². The zero-order chi connectivity index (χ0) is 13.8. The number of aryl methyl sites for hydroxylation is 1. The number of aromatic nitrogens is 2. The normalized spacial score (nSPS) is 14.4. The zero-order valence-electron chi connectivity index (χ0n) is 11.3. The molecule has 2 rings (SSSR count). The Morgan fingerprint density at radius 1 is 1.42 bits per heavy atom. The molecule has 0 amide bonds. The van der Waals surface area contributed by atoms with E-state index in [1.165, 1.54) is 12.8 Å². The van der Waals surface area contributed by atoms with Crippen molar-refractivity contribution >= 4 is 11.8 Å². The molecule has 6 nitrogen and oxygen atoms in total. The van der Waals surface area contributed by atoms with Crippen molar-refractivity contribution in [1.82, 2.24) is 10.2 Å². The second-order valence-electron chi connectivity index (χ2n) is 4.88. The van der Waals surface area contributed by atoms with Crippen molar-refractivity contribution in [2.24, 2.45) is 5.92 Å². The average Bonchev–Trinajstić information content (AvgIpc) is 3.16. The molecule has 1 heterocycles. The summed E-state index contributed by atoms with van der Waals surface area (Å²) in [6.45, 7) is 5.36. The van der Waals surface area contributed by atoms with Crippen LogP contribution in [-0.2, 0) is 4.74 Å². The number of carboxylic acids is 1. The Hall–Kier alpha value is -1.69. The van der Waals surface area contributed by atoms with Gasteiger partial charge < -0.3 is 15.2 Å². The molecule has 0 aliphatic heterocycles. The Labute approximate surface area is 112 Å². The highest BCUT2D eigenvalue weighted by molar-refractivity contribution is 5.94. The van der Waals surface area contributed by atoms with Crippen LogP contribution in [0.2, 0.25) is 0 Å². The Morgan fingerprint density at radius 2 is 2.16 bits per heavy atom.